The fourth-order valence-electron chi connectivity index (χ4n) is 5.58. The molecule has 1 amide bonds. The fourth-order valence-corrected chi connectivity index (χ4v) is 5.58. The summed E-state index contributed by atoms with van der Waals surface area (Å²) in [5, 5.41) is 0. The first-order valence-electron chi connectivity index (χ1n) is 12.6. The number of hydrogen-bond donors (Lipinski definition) is 0. The number of hydrogen-bond acceptors (Lipinski definition) is 4. The second-order valence-corrected chi connectivity index (χ2v) is 10.8. The molecule has 0 saturated carbocycles. The number of likely N-dealkylation sites (tertiary alicyclic amines) is 2. The highest BCUT2D eigenvalue weighted by Gasteiger charge is 2.47. The maximum absolute atomic E-state index is 13.6. The maximum atomic E-state index is 13.6. The van der Waals surface area contributed by atoms with Gasteiger partial charge in [-0.15, -0.1) is 0 Å². The molecule has 0 spiro atoms. The van der Waals surface area contributed by atoms with Crippen LogP contribution in [0.15, 0.2) is 24.3 Å². The molecule has 1 aromatic rings. The van der Waals surface area contributed by atoms with Gasteiger partial charge in [0.15, 0.2) is 0 Å². The molecule has 3 aliphatic rings. The van der Waals surface area contributed by atoms with Crippen LogP contribution in [0, 0.1) is 5.41 Å². The van der Waals surface area contributed by atoms with Crippen molar-refractivity contribution in [3.63, 3.8) is 0 Å². The summed E-state index contributed by atoms with van der Waals surface area (Å²) >= 11 is 0. The Morgan fingerprint density at radius 3 is 2.42 bits per heavy atom. The molecule has 2 atom stereocenters. The Kier molecular flexibility index (Phi) is 7.29. The second kappa shape index (κ2) is 9.87. The molecular weight excluding hydrogens is 424 g/mol. The third-order valence-corrected chi connectivity index (χ3v) is 7.63. The van der Waals surface area contributed by atoms with Crippen LogP contribution in [0.3, 0.4) is 0 Å². The summed E-state index contributed by atoms with van der Waals surface area (Å²) in [6.07, 6.45) is 4.12. The summed E-state index contributed by atoms with van der Waals surface area (Å²) < 4.78 is 33.1. The average molecular weight is 464 g/mol. The van der Waals surface area contributed by atoms with Crippen LogP contribution in [0.2, 0.25) is 0 Å². The van der Waals surface area contributed by atoms with Crippen LogP contribution in [0.1, 0.15) is 59.3 Å². The Morgan fingerprint density at radius 2 is 1.79 bits per heavy atom. The number of nitrogens with zero attached hydrogens (tertiary/aromatic N) is 3. The highest BCUT2D eigenvalue weighted by atomic mass is 19.3. The van der Waals surface area contributed by atoms with Crippen LogP contribution in [0.5, 0.6) is 5.75 Å². The summed E-state index contributed by atoms with van der Waals surface area (Å²) in [7, 11) is 0. The number of carbonyl (C=O) groups is 1. The zero-order valence-electron chi connectivity index (χ0n) is 20.4. The molecule has 0 aliphatic carbocycles. The van der Waals surface area contributed by atoms with Gasteiger partial charge in [0.25, 0.3) is 5.92 Å². The molecule has 3 saturated heterocycles. The minimum Gasteiger partial charge on any atom is -0.494 e. The van der Waals surface area contributed by atoms with E-state index in [0.717, 1.165) is 30.8 Å². The lowest BCUT2D eigenvalue weighted by Crippen LogP contribution is -2.47. The molecule has 0 bridgehead atoms. The minimum absolute atomic E-state index is 0.00607. The quantitative estimate of drug-likeness (QED) is 0.519. The van der Waals surface area contributed by atoms with Gasteiger partial charge in [0.05, 0.1) is 12.6 Å². The number of carbonyl (C=O) groups excluding carboxylic acids is 1. The molecule has 3 aliphatic heterocycles. The number of ether oxygens (including phenoxy) is 1. The lowest BCUT2D eigenvalue weighted by molar-refractivity contribution is -0.124. The molecule has 4 rings (SSSR count). The largest absolute Gasteiger partial charge is 0.494 e. The van der Waals surface area contributed by atoms with E-state index in [1.165, 1.54) is 19.4 Å². The maximum Gasteiger partial charge on any atom is 0.250 e. The SMILES string of the molecule is CC1CCCN1CCCOc1ccc(N2C(=O)C(C)(C)C[C@H]2CN2CCC(F)(F)CC2)cc1. The topological polar surface area (TPSA) is 36.0 Å². The Balaban J connectivity index is 1.33. The molecule has 1 aromatic carbocycles. The summed E-state index contributed by atoms with van der Waals surface area (Å²) in [5.41, 5.74) is 0.405. The van der Waals surface area contributed by atoms with Gasteiger partial charge in [0.1, 0.15) is 5.75 Å². The van der Waals surface area contributed by atoms with Gasteiger partial charge in [0.2, 0.25) is 5.91 Å². The molecule has 1 unspecified atom stereocenters. The van der Waals surface area contributed by atoms with Crippen LogP contribution in [0.25, 0.3) is 0 Å². The summed E-state index contributed by atoms with van der Waals surface area (Å²) in [5.74, 6) is -1.64. The standard InChI is InChI=1S/C26H39F2N3O2/c1-20-6-4-13-30(20)14-5-17-33-23-9-7-21(8-10-23)31-22(18-25(2,3)24(31)32)19-29-15-11-26(27,28)12-16-29/h7-10,20,22H,4-6,11-19H2,1-3H3/t20?,22-/m0/s1. The van der Waals surface area contributed by atoms with E-state index >= 15 is 0 Å². The van der Waals surface area contributed by atoms with Crippen molar-refractivity contribution in [2.24, 2.45) is 5.41 Å². The van der Waals surface area contributed by atoms with Crippen molar-refractivity contribution >= 4 is 11.6 Å². The van der Waals surface area contributed by atoms with Crippen LogP contribution in [0.4, 0.5) is 14.5 Å². The molecule has 184 valence electrons. The molecule has 3 fully saturated rings. The van der Waals surface area contributed by atoms with Gasteiger partial charge in [-0.25, -0.2) is 8.78 Å². The Morgan fingerprint density at radius 1 is 1.09 bits per heavy atom. The highest BCUT2D eigenvalue weighted by molar-refractivity contribution is 6.00. The third kappa shape index (κ3) is 5.86. The van der Waals surface area contributed by atoms with Crippen molar-refractivity contribution in [3.8, 4) is 5.75 Å². The number of halogens is 2. The van der Waals surface area contributed by atoms with Gasteiger partial charge >= 0.3 is 0 Å². The Hall–Kier alpha value is -1.73. The van der Waals surface area contributed by atoms with E-state index in [9.17, 15) is 13.6 Å². The van der Waals surface area contributed by atoms with Crippen LogP contribution in [-0.4, -0.2) is 73.0 Å². The number of anilines is 1. The molecule has 0 aromatic heterocycles. The summed E-state index contributed by atoms with van der Waals surface area (Å²) in [6, 6.07) is 8.45. The van der Waals surface area contributed by atoms with E-state index < -0.39 is 11.3 Å². The van der Waals surface area contributed by atoms with E-state index in [1.54, 1.807) is 0 Å². The van der Waals surface area contributed by atoms with Gasteiger partial charge in [-0.05, 0) is 63.4 Å². The van der Waals surface area contributed by atoms with Gasteiger partial charge in [-0.2, -0.15) is 0 Å². The van der Waals surface area contributed by atoms with E-state index in [4.69, 9.17) is 4.74 Å². The molecule has 3 heterocycles. The Labute approximate surface area is 197 Å². The second-order valence-electron chi connectivity index (χ2n) is 10.8. The van der Waals surface area contributed by atoms with Crippen molar-refractivity contribution < 1.29 is 18.3 Å². The smallest absolute Gasteiger partial charge is 0.250 e. The van der Waals surface area contributed by atoms with Gasteiger partial charge in [-0.3, -0.25) is 4.79 Å². The lowest BCUT2D eigenvalue weighted by atomic mass is 9.89. The molecule has 7 heteroatoms. The van der Waals surface area contributed by atoms with Crippen molar-refractivity contribution in [2.75, 3.05) is 44.2 Å². The van der Waals surface area contributed by atoms with E-state index in [0.29, 0.717) is 32.3 Å². The normalized spacial score (nSPS) is 27.9. The zero-order valence-corrected chi connectivity index (χ0v) is 20.4. The minimum atomic E-state index is -2.55. The van der Waals surface area contributed by atoms with Crippen LogP contribution < -0.4 is 9.64 Å². The highest BCUT2D eigenvalue weighted by Crippen LogP contribution is 2.40. The molecule has 5 nitrogen and oxygen atoms in total. The third-order valence-electron chi connectivity index (χ3n) is 7.63. The van der Waals surface area contributed by atoms with Crippen LogP contribution >= 0.6 is 0 Å². The predicted octanol–water partition coefficient (Wildman–Crippen LogP) is 4.80. The summed E-state index contributed by atoms with van der Waals surface area (Å²) in [6.45, 7) is 10.6. The first kappa shape index (κ1) is 24.4. The van der Waals surface area contributed by atoms with Crippen molar-refractivity contribution in [2.45, 2.75) is 77.3 Å². The van der Waals surface area contributed by atoms with Crippen molar-refractivity contribution in [1.82, 2.24) is 9.80 Å². The number of piperidine rings is 1. The molecule has 33 heavy (non-hydrogen) atoms. The van der Waals surface area contributed by atoms with E-state index in [2.05, 4.69) is 16.7 Å². The van der Waals surface area contributed by atoms with Gasteiger partial charge < -0.3 is 19.4 Å². The monoisotopic (exact) mass is 463 g/mol. The van der Waals surface area contributed by atoms with Crippen molar-refractivity contribution in [1.29, 1.82) is 0 Å². The van der Waals surface area contributed by atoms with Gasteiger partial charge in [-0.1, -0.05) is 13.8 Å². The van der Waals surface area contributed by atoms with Crippen molar-refractivity contribution in [3.05, 3.63) is 24.3 Å². The number of rotatable bonds is 8. The first-order chi connectivity index (χ1) is 15.6. The fraction of sp³-hybridized carbons (Fsp3) is 0.731. The Bertz CT molecular complexity index is 804. The predicted molar refractivity (Wildman–Crippen MR) is 127 cm³/mol. The van der Waals surface area contributed by atoms with E-state index in [1.807, 2.05) is 43.0 Å². The molecule has 0 radical (unpaired) electrons. The summed E-state index contributed by atoms with van der Waals surface area (Å²) in [4.78, 5) is 19.7. The number of benzene rings is 1. The van der Waals surface area contributed by atoms with E-state index in [-0.39, 0.29) is 24.8 Å². The molecular formula is C26H39F2N3O2. The lowest BCUT2D eigenvalue weighted by Gasteiger charge is -2.35. The van der Waals surface area contributed by atoms with Gasteiger partial charge in [0, 0.05) is 56.2 Å². The first-order valence-corrected chi connectivity index (χ1v) is 12.6. The number of amides is 1. The average Bonchev–Trinajstić information content (AvgIpc) is 3.27. The molecule has 0 N–H and O–H groups in total. The van der Waals surface area contributed by atoms with Crippen LogP contribution in [-0.2, 0) is 4.79 Å². The zero-order chi connectivity index (χ0) is 23.6. The number of alkyl halides is 2.